The van der Waals surface area contributed by atoms with E-state index in [1.54, 1.807) is 49.4 Å². The van der Waals surface area contributed by atoms with Crippen molar-refractivity contribution in [1.82, 2.24) is 4.90 Å². The molecule has 1 saturated heterocycles. The molecule has 0 atom stereocenters. The van der Waals surface area contributed by atoms with Gasteiger partial charge in [0.05, 0.1) is 23.7 Å². The van der Waals surface area contributed by atoms with Gasteiger partial charge in [0.15, 0.2) is 11.5 Å². The number of amides is 3. The van der Waals surface area contributed by atoms with Crippen LogP contribution in [0.25, 0.3) is 6.08 Å². The first-order valence-electron chi connectivity index (χ1n) is 14.4. The van der Waals surface area contributed by atoms with Crippen molar-refractivity contribution in [1.29, 1.82) is 0 Å². The Bertz CT molecular complexity index is 1690. The van der Waals surface area contributed by atoms with Crippen molar-refractivity contribution in [2.45, 2.75) is 46.1 Å². The van der Waals surface area contributed by atoms with Crippen molar-refractivity contribution in [2.75, 3.05) is 25.1 Å². The van der Waals surface area contributed by atoms with E-state index in [1.165, 1.54) is 11.3 Å². The van der Waals surface area contributed by atoms with E-state index < -0.39 is 29.6 Å². The van der Waals surface area contributed by atoms with Crippen molar-refractivity contribution < 1.29 is 33.4 Å². The van der Waals surface area contributed by atoms with Crippen molar-refractivity contribution in [3.05, 3.63) is 78.5 Å². The van der Waals surface area contributed by atoms with Crippen LogP contribution in [0, 0.1) is 0 Å². The molecule has 0 bridgehead atoms. The van der Waals surface area contributed by atoms with E-state index in [4.69, 9.17) is 37.4 Å². The Balaban J connectivity index is 1.28. The average molecular weight is 690 g/mol. The summed E-state index contributed by atoms with van der Waals surface area (Å²) < 4.78 is 17.0. The summed E-state index contributed by atoms with van der Waals surface area (Å²) in [5.74, 6) is -0.735. The highest BCUT2D eigenvalue weighted by atomic mass is 35.5. The number of hydrogen-bond donors (Lipinski definition) is 1. The van der Waals surface area contributed by atoms with Crippen LogP contribution in [0.3, 0.4) is 0 Å². The zero-order valence-electron chi connectivity index (χ0n) is 24.6. The van der Waals surface area contributed by atoms with Gasteiger partial charge in [0.1, 0.15) is 18.2 Å². The number of rotatable bonds is 11. The standard InChI is InChI=1S/C32H30Cl2N2O7S2/c1-3-41-24-13-18(9-12-23(24)43-17-19-10-11-20(33)15-22(19)34)14-26-30(38)36(32(40)45-26)16-27(37)35-29-28(31(39)42-4-2)21-7-5-6-8-25(21)44-29/h9-15H,3-8,16-17H2,1-2H3,(H,35,37). The molecule has 236 valence electrons. The number of halogens is 2. The number of imide groups is 1. The molecular formula is C32H30Cl2N2O7S2. The van der Waals surface area contributed by atoms with E-state index in [0.717, 1.165) is 58.3 Å². The van der Waals surface area contributed by atoms with E-state index in [-0.39, 0.29) is 18.1 Å². The van der Waals surface area contributed by atoms with E-state index in [0.29, 0.717) is 44.3 Å². The number of aryl methyl sites for hydroxylation is 1. The number of ether oxygens (including phenoxy) is 3. The number of thioether (sulfide) groups is 1. The summed E-state index contributed by atoms with van der Waals surface area (Å²) in [4.78, 5) is 53.9. The normalized spacial score (nSPS) is 15.3. The first kappa shape index (κ1) is 32.9. The van der Waals surface area contributed by atoms with E-state index in [1.807, 2.05) is 6.92 Å². The molecule has 0 saturated carbocycles. The fourth-order valence-corrected chi connectivity index (χ4v) is 7.56. The largest absolute Gasteiger partial charge is 0.490 e. The third-order valence-electron chi connectivity index (χ3n) is 7.04. The van der Waals surface area contributed by atoms with Crippen molar-refractivity contribution in [2.24, 2.45) is 0 Å². The summed E-state index contributed by atoms with van der Waals surface area (Å²) in [7, 11) is 0. The average Bonchev–Trinajstić information content (AvgIpc) is 3.49. The van der Waals surface area contributed by atoms with E-state index in [9.17, 15) is 19.2 Å². The highest BCUT2D eigenvalue weighted by Crippen LogP contribution is 2.39. The maximum atomic E-state index is 13.2. The predicted molar refractivity (Wildman–Crippen MR) is 177 cm³/mol. The highest BCUT2D eigenvalue weighted by Gasteiger charge is 2.37. The van der Waals surface area contributed by atoms with E-state index in [2.05, 4.69) is 5.32 Å². The van der Waals surface area contributed by atoms with Crippen molar-refractivity contribution >= 4 is 80.4 Å². The fourth-order valence-electron chi connectivity index (χ4n) is 4.97. The Kier molecular flexibility index (Phi) is 10.8. The zero-order valence-corrected chi connectivity index (χ0v) is 27.7. The number of esters is 1. The highest BCUT2D eigenvalue weighted by molar-refractivity contribution is 8.18. The van der Waals surface area contributed by atoms with Crippen LogP contribution in [0.5, 0.6) is 11.5 Å². The van der Waals surface area contributed by atoms with Gasteiger partial charge < -0.3 is 19.5 Å². The fraction of sp³-hybridized carbons (Fsp3) is 0.312. The Morgan fingerprint density at radius 3 is 2.56 bits per heavy atom. The molecule has 1 N–H and O–H groups in total. The number of benzene rings is 2. The SMILES string of the molecule is CCOC(=O)c1c(NC(=O)CN2C(=O)SC(=Cc3ccc(OCc4ccc(Cl)cc4Cl)c(OCC)c3)C2=O)sc2c1CCCC2. The quantitative estimate of drug-likeness (QED) is 0.161. The molecule has 5 rings (SSSR count). The van der Waals surface area contributed by atoms with Gasteiger partial charge >= 0.3 is 5.97 Å². The summed E-state index contributed by atoms with van der Waals surface area (Å²) >= 11 is 14.3. The number of fused-ring (bicyclic) bond motifs is 1. The molecular weight excluding hydrogens is 659 g/mol. The minimum atomic E-state index is -0.591. The topological polar surface area (TPSA) is 111 Å². The second-order valence-electron chi connectivity index (χ2n) is 10.1. The summed E-state index contributed by atoms with van der Waals surface area (Å²) in [5, 5.41) is 3.58. The van der Waals surface area contributed by atoms with Gasteiger partial charge in [-0.2, -0.15) is 0 Å². The number of thiophene rings is 1. The van der Waals surface area contributed by atoms with Crippen LogP contribution < -0.4 is 14.8 Å². The second kappa shape index (κ2) is 14.7. The van der Waals surface area contributed by atoms with Gasteiger partial charge in [-0.25, -0.2) is 4.79 Å². The smallest absolute Gasteiger partial charge is 0.341 e. The summed E-state index contributed by atoms with van der Waals surface area (Å²) in [6.07, 6.45) is 5.08. The third kappa shape index (κ3) is 7.66. The number of anilines is 1. The molecule has 0 radical (unpaired) electrons. The van der Waals surface area contributed by atoms with Crippen LogP contribution in [0.15, 0.2) is 41.3 Å². The zero-order chi connectivity index (χ0) is 32.1. The molecule has 1 aliphatic heterocycles. The first-order chi connectivity index (χ1) is 21.7. The summed E-state index contributed by atoms with van der Waals surface area (Å²) in [6.45, 7) is 3.84. The molecule has 2 aliphatic rings. The van der Waals surface area contributed by atoms with Crippen molar-refractivity contribution in [3.8, 4) is 11.5 Å². The molecule has 1 aromatic heterocycles. The van der Waals surface area contributed by atoms with Crippen molar-refractivity contribution in [3.63, 3.8) is 0 Å². The minimum absolute atomic E-state index is 0.163. The molecule has 3 aromatic rings. The van der Waals surface area contributed by atoms with E-state index >= 15 is 0 Å². The van der Waals surface area contributed by atoms with Gasteiger partial charge in [-0.05, 0) is 92.8 Å². The Morgan fingerprint density at radius 2 is 1.80 bits per heavy atom. The van der Waals surface area contributed by atoms with Crippen LogP contribution in [-0.2, 0) is 33.8 Å². The second-order valence-corrected chi connectivity index (χ2v) is 13.1. The van der Waals surface area contributed by atoms with Crippen LogP contribution in [0.1, 0.15) is 58.6 Å². The van der Waals surface area contributed by atoms with Crippen LogP contribution in [0.4, 0.5) is 9.80 Å². The molecule has 1 aliphatic carbocycles. The number of nitrogens with zero attached hydrogens (tertiary/aromatic N) is 1. The van der Waals surface area contributed by atoms with Gasteiger partial charge in [0, 0.05) is 20.5 Å². The lowest BCUT2D eigenvalue weighted by molar-refractivity contribution is -0.127. The molecule has 0 spiro atoms. The summed E-state index contributed by atoms with van der Waals surface area (Å²) in [5.41, 5.74) is 2.63. The number of carbonyl (C=O) groups excluding carboxylic acids is 4. The first-order valence-corrected chi connectivity index (χ1v) is 16.8. The van der Waals surface area contributed by atoms with Gasteiger partial charge in [0.25, 0.3) is 11.1 Å². The predicted octanol–water partition coefficient (Wildman–Crippen LogP) is 7.76. The number of nitrogens with one attached hydrogen (secondary N) is 1. The number of hydrogen-bond acceptors (Lipinski definition) is 9. The minimum Gasteiger partial charge on any atom is -0.490 e. The van der Waals surface area contributed by atoms with Crippen LogP contribution in [-0.4, -0.2) is 47.7 Å². The van der Waals surface area contributed by atoms with Gasteiger partial charge in [0.2, 0.25) is 5.91 Å². The lowest BCUT2D eigenvalue weighted by Gasteiger charge is -2.14. The Hall–Kier alpha value is -3.51. The van der Waals surface area contributed by atoms with Gasteiger partial charge in [-0.1, -0.05) is 35.3 Å². The maximum absolute atomic E-state index is 13.2. The summed E-state index contributed by atoms with van der Waals surface area (Å²) in [6, 6.07) is 10.3. The molecule has 9 nitrogen and oxygen atoms in total. The lowest BCUT2D eigenvalue weighted by Crippen LogP contribution is -2.36. The Labute approximate surface area is 278 Å². The van der Waals surface area contributed by atoms with Gasteiger partial charge in [-0.3, -0.25) is 19.3 Å². The van der Waals surface area contributed by atoms with Crippen LogP contribution in [0.2, 0.25) is 10.0 Å². The van der Waals surface area contributed by atoms with Crippen LogP contribution >= 0.6 is 46.3 Å². The molecule has 1 fully saturated rings. The monoisotopic (exact) mass is 688 g/mol. The Morgan fingerprint density at radius 1 is 1.00 bits per heavy atom. The third-order valence-corrected chi connectivity index (χ3v) is 9.74. The molecule has 2 aromatic carbocycles. The maximum Gasteiger partial charge on any atom is 0.341 e. The molecule has 3 amide bonds. The lowest BCUT2D eigenvalue weighted by atomic mass is 9.95. The number of carbonyl (C=O) groups is 4. The van der Waals surface area contributed by atoms with Gasteiger partial charge in [-0.15, -0.1) is 11.3 Å². The molecule has 13 heteroatoms. The molecule has 45 heavy (non-hydrogen) atoms. The molecule has 0 unspecified atom stereocenters. The molecule has 2 heterocycles.